The number of aliphatic hydroxyl groups excluding tert-OH is 1. The largest absolute Gasteiger partial charge is 0.389 e. The smallest absolute Gasteiger partial charge is 0.0900 e. The van der Waals surface area contributed by atoms with Crippen LogP contribution in [-0.4, -0.2) is 47.4 Å². The summed E-state index contributed by atoms with van der Waals surface area (Å²) in [5, 5.41) is 10.5. The molecule has 3 rings (SSSR count). The second-order valence-electron chi connectivity index (χ2n) is 9.41. The summed E-state index contributed by atoms with van der Waals surface area (Å²) in [5.74, 6) is 0.803. The number of hydrogen-bond donors (Lipinski definition) is 1. The maximum Gasteiger partial charge on any atom is 0.0900 e. The Balaban J connectivity index is 1.51. The van der Waals surface area contributed by atoms with Crippen molar-refractivity contribution < 1.29 is 9.84 Å². The van der Waals surface area contributed by atoms with Crippen LogP contribution in [0.25, 0.3) is 0 Å². The average Bonchev–Trinajstić information content (AvgIpc) is 2.82. The van der Waals surface area contributed by atoms with Gasteiger partial charge in [0, 0.05) is 18.6 Å². The van der Waals surface area contributed by atoms with Crippen LogP contribution in [0.1, 0.15) is 73.1 Å². The Morgan fingerprint density at radius 2 is 1.78 bits per heavy atom. The third-order valence-corrected chi connectivity index (χ3v) is 8.00. The van der Waals surface area contributed by atoms with Gasteiger partial charge in [-0.3, -0.25) is 4.90 Å². The summed E-state index contributed by atoms with van der Waals surface area (Å²) in [6.45, 7) is 13.1. The predicted octanol–water partition coefficient (Wildman–Crippen LogP) is 3.84. The molecule has 2 bridgehead atoms. The number of β-amino-alcohol motifs (C(OH)–C–C–N with tert-alkyl or cyclic N) is 1. The number of likely N-dealkylation sites (tertiary alicyclic amines) is 1. The SMILES string of the molecule is C[C@H]1CCC[C@H](C)N1C[C@H](O)CO[C@@H]1C[C@@H]2CC[C@]1(C)C2(C)C. The number of ether oxygens (including phenoxy) is 1. The van der Waals surface area contributed by atoms with Crippen LogP contribution in [0.5, 0.6) is 0 Å². The highest BCUT2D eigenvalue weighted by molar-refractivity contribution is 5.11. The first-order valence-corrected chi connectivity index (χ1v) is 9.81. The van der Waals surface area contributed by atoms with Crippen molar-refractivity contribution in [3.05, 3.63) is 0 Å². The second kappa shape index (κ2) is 6.31. The monoisotopic (exact) mass is 323 g/mol. The standard InChI is InChI=1S/C20H37NO2/c1-14-7-6-8-15(2)21(14)12-17(22)13-23-18-11-16-9-10-20(18,5)19(16,3)4/h14-18,22H,6-13H2,1-5H3/t14-,15-,16-,17-,18+,20-/m0/s1. The molecule has 0 spiro atoms. The van der Waals surface area contributed by atoms with Crippen LogP contribution in [0.15, 0.2) is 0 Å². The minimum Gasteiger partial charge on any atom is -0.389 e. The van der Waals surface area contributed by atoms with Gasteiger partial charge in [-0.2, -0.15) is 0 Å². The number of piperidine rings is 1. The van der Waals surface area contributed by atoms with Gasteiger partial charge in [0.05, 0.1) is 18.8 Å². The minimum atomic E-state index is -0.358. The summed E-state index contributed by atoms with van der Waals surface area (Å²) >= 11 is 0. The van der Waals surface area contributed by atoms with Crippen LogP contribution in [0.2, 0.25) is 0 Å². The lowest BCUT2D eigenvalue weighted by Gasteiger charge is -2.41. The number of fused-ring (bicyclic) bond motifs is 2. The Bertz CT molecular complexity index is 414. The molecule has 1 N–H and O–H groups in total. The van der Waals surface area contributed by atoms with E-state index in [1.54, 1.807) is 0 Å². The van der Waals surface area contributed by atoms with E-state index in [0.29, 0.717) is 35.6 Å². The van der Waals surface area contributed by atoms with Crippen molar-refractivity contribution >= 4 is 0 Å². The van der Waals surface area contributed by atoms with E-state index in [9.17, 15) is 5.11 Å². The van der Waals surface area contributed by atoms with Crippen molar-refractivity contribution in [1.82, 2.24) is 4.90 Å². The molecule has 2 saturated carbocycles. The molecule has 6 atom stereocenters. The molecule has 3 fully saturated rings. The van der Waals surface area contributed by atoms with Gasteiger partial charge in [0.15, 0.2) is 0 Å². The van der Waals surface area contributed by atoms with Gasteiger partial charge in [0.2, 0.25) is 0 Å². The molecule has 3 aliphatic rings. The summed E-state index contributed by atoms with van der Waals surface area (Å²) in [5.41, 5.74) is 0.682. The molecule has 0 aromatic carbocycles. The molecule has 0 aromatic rings. The van der Waals surface area contributed by atoms with Crippen LogP contribution in [0.3, 0.4) is 0 Å². The van der Waals surface area contributed by atoms with Gasteiger partial charge >= 0.3 is 0 Å². The average molecular weight is 324 g/mol. The molecule has 0 radical (unpaired) electrons. The molecule has 1 saturated heterocycles. The zero-order valence-corrected chi connectivity index (χ0v) is 15.8. The molecule has 1 heterocycles. The Hall–Kier alpha value is -0.120. The van der Waals surface area contributed by atoms with E-state index in [1.165, 1.54) is 38.5 Å². The lowest BCUT2D eigenvalue weighted by molar-refractivity contribution is -0.0842. The van der Waals surface area contributed by atoms with Gasteiger partial charge in [-0.25, -0.2) is 0 Å². The highest BCUT2D eigenvalue weighted by atomic mass is 16.5. The van der Waals surface area contributed by atoms with E-state index in [-0.39, 0.29) is 6.10 Å². The topological polar surface area (TPSA) is 32.7 Å². The van der Waals surface area contributed by atoms with Crippen LogP contribution in [0, 0.1) is 16.7 Å². The van der Waals surface area contributed by atoms with E-state index in [0.717, 1.165) is 12.5 Å². The lowest BCUT2D eigenvalue weighted by Crippen LogP contribution is -2.48. The Morgan fingerprint density at radius 1 is 1.13 bits per heavy atom. The Labute approximate surface area is 142 Å². The third-order valence-electron chi connectivity index (χ3n) is 8.00. The summed E-state index contributed by atoms with van der Waals surface area (Å²) < 4.78 is 6.27. The molecule has 1 aliphatic heterocycles. The summed E-state index contributed by atoms with van der Waals surface area (Å²) in [4.78, 5) is 2.48. The van der Waals surface area contributed by atoms with Crippen molar-refractivity contribution in [1.29, 1.82) is 0 Å². The van der Waals surface area contributed by atoms with Crippen molar-refractivity contribution in [3.8, 4) is 0 Å². The number of aliphatic hydroxyl groups is 1. The van der Waals surface area contributed by atoms with Crippen molar-refractivity contribution in [2.24, 2.45) is 16.7 Å². The van der Waals surface area contributed by atoms with E-state index in [4.69, 9.17) is 4.74 Å². The molecule has 3 heteroatoms. The van der Waals surface area contributed by atoms with Gasteiger partial charge in [0.1, 0.15) is 0 Å². The molecule has 2 aliphatic carbocycles. The Morgan fingerprint density at radius 3 is 2.30 bits per heavy atom. The van der Waals surface area contributed by atoms with Gasteiger partial charge in [-0.05, 0) is 62.7 Å². The summed E-state index contributed by atoms with van der Waals surface area (Å²) in [6, 6.07) is 1.18. The van der Waals surface area contributed by atoms with Crippen LogP contribution < -0.4 is 0 Å². The molecule has 0 unspecified atom stereocenters. The predicted molar refractivity (Wildman–Crippen MR) is 94.5 cm³/mol. The van der Waals surface area contributed by atoms with E-state index >= 15 is 0 Å². The lowest BCUT2D eigenvalue weighted by atomic mass is 9.70. The Kier molecular flexibility index (Phi) is 4.85. The maximum absolute atomic E-state index is 10.5. The molecular formula is C20H37NO2. The molecule has 23 heavy (non-hydrogen) atoms. The summed E-state index contributed by atoms with van der Waals surface area (Å²) in [7, 11) is 0. The molecule has 134 valence electrons. The fraction of sp³-hybridized carbons (Fsp3) is 1.00. The molecular weight excluding hydrogens is 286 g/mol. The first-order valence-electron chi connectivity index (χ1n) is 9.81. The van der Waals surface area contributed by atoms with E-state index in [1.807, 2.05) is 0 Å². The van der Waals surface area contributed by atoms with E-state index in [2.05, 4.69) is 39.5 Å². The van der Waals surface area contributed by atoms with Crippen LogP contribution in [0.4, 0.5) is 0 Å². The van der Waals surface area contributed by atoms with Gasteiger partial charge in [-0.15, -0.1) is 0 Å². The fourth-order valence-electron chi connectivity index (χ4n) is 5.74. The maximum atomic E-state index is 10.5. The van der Waals surface area contributed by atoms with Crippen molar-refractivity contribution in [3.63, 3.8) is 0 Å². The van der Waals surface area contributed by atoms with Crippen LogP contribution >= 0.6 is 0 Å². The zero-order chi connectivity index (χ0) is 16.8. The zero-order valence-electron chi connectivity index (χ0n) is 15.8. The normalized spacial score (nSPS) is 44.6. The van der Waals surface area contributed by atoms with E-state index < -0.39 is 0 Å². The highest BCUT2D eigenvalue weighted by Crippen LogP contribution is 2.66. The van der Waals surface area contributed by atoms with Gasteiger partial charge in [-0.1, -0.05) is 27.2 Å². The van der Waals surface area contributed by atoms with Crippen molar-refractivity contribution in [2.75, 3.05) is 13.2 Å². The van der Waals surface area contributed by atoms with Crippen LogP contribution in [-0.2, 0) is 4.74 Å². The number of nitrogens with zero attached hydrogens (tertiary/aromatic N) is 1. The van der Waals surface area contributed by atoms with Gasteiger partial charge < -0.3 is 9.84 Å². The molecule has 0 aromatic heterocycles. The fourth-order valence-corrected chi connectivity index (χ4v) is 5.74. The first-order chi connectivity index (χ1) is 10.8. The van der Waals surface area contributed by atoms with Gasteiger partial charge in [0.25, 0.3) is 0 Å². The van der Waals surface area contributed by atoms with Crippen molar-refractivity contribution in [2.45, 2.75) is 97.4 Å². The minimum absolute atomic E-state index is 0.295. The molecule has 0 amide bonds. The summed E-state index contributed by atoms with van der Waals surface area (Å²) in [6.07, 6.45) is 7.64. The number of rotatable bonds is 5. The number of hydrogen-bond acceptors (Lipinski definition) is 3. The molecule has 3 nitrogen and oxygen atoms in total. The second-order valence-corrected chi connectivity index (χ2v) is 9.41. The quantitative estimate of drug-likeness (QED) is 0.834. The third kappa shape index (κ3) is 2.98. The highest BCUT2D eigenvalue weighted by Gasteiger charge is 2.61. The first kappa shape index (κ1) is 17.7.